The summed E-state index contributed by atoms with van der Waals surface area (Å²) < 4.78 is 4.82. The Bertz CT molecular complexity index is 984. The van der Waals surface area contributed by atoms with Gasteiger partial charge in [0.2, 0.25) is 0 Å². The monoisotopic (exact) mass is 484 g/mol. The summed E-state index contributed by atoms with van der Waals surface area (Å²) in [6, 6.07) is -0.516. The van der Waals surface area contributed by atoms with E-state index in [9.17, 15) is 14.7 Å². The van der Waals surface area contributed by atoms with Gasteiger partial charge in [-0.3, -0.25) is 4.79 Å². The molecule has 7 nitrogen and oxygen atoms in total. The molecule has 0 aromatic carbocycles. The summed E-state index contributed by atoms with van der Waals surface area (Å²) in [7, 11) is 1.35. The topological polar surface area (TPSA) is 88.4 Å². The normalized spacial score (nSPS) is 43.3. The molecule has 1 saturated heterocycles. The Morgan fingerprint density at radius 2 is 1.91 bits per heavy atom. The van der Waals surface area contributed by atoms with Crippen LogP contribution in [0.5, 0.6) is 0 Å². The molecule has 192 valence electrons. The van der Waals surface area contributed by atoms with Crippen LogP contribution in [-0.4, -0.2) is 59.5 Å². The van der Waals surface area contributed by atoms with Gasteiger partial charge in [-0.25, -0.2) is 4.79 Å². The number of hydrogen-bond acceptors (Lipinski definition) is 6. The van der Waals surface area contributed by atoms with Crippen LogP contribution in [0.15, 0.2) is 29.0 Å². The number of fused-ring (bicyclic) bond motifs is 5. The number of hydrogen-bond donors (Lipinski definition) is 1. The second-order valence-corrected chi connectivity index (χ2v) is 12.0. The van der Waals surface area contributed by atoms with Crippen LogP contribution in [0.3, 0.4) is 0 Å². The highest BCUT2D eigenvalue weighted by atomic mass is 16.6. The highest BCUT2D eigenvalue weighted by Crippen LogP contribution is 2.66. The zero-order valence-electron chi connectivity index (χ0n) is 21.6. The molecule has 35 heavy (non-hydrogen) atoms. The number of carbonyl (C=O) groups excluding carboxylic acids is 2. The van der Waals surface area contributed by atoms with Gasteiger partial charge in [-0.15, -0.1) is 0 Å². The van der Waals surface area contributed by atoms with E-state index in [1.165, 1.54) is 17.6 Å². The molecule has 1 aliphatic heterocycles. The summed E-state index contributed by atoms with van der Waals surface area (Å²) in [6.07, 6.45) is 14.3. The van der Waals surface area contributed by atoms with Crippen LogP contribution in [0.1, 0.15) is 72.1 Å². The van der Waals surface area contributed by atoms with Crippen molar-refractivity contribution < 1.29 is 24.3 Å². The highest BCUT2D eigenvalue weighted by molar-refractivity contribution is 6.05. The van der Waals surface area contributed by atoms with E-state index >= 15 is 0 Å². The van der Waals surface area contributed by atoms with Crippen LogP contribution in [0.25, 0.3) is 0 Å². The van der Waals surface area contributed by atoms with Gasteiger partial charge in [0.1, 0.15) is 11.8 Å². The molecule has 7 atom stereocenters. The van der Waals surface area contributed by atoms with Gasteiger partial charge in [0.05, 0.1) is 12.7 Å². The summed E-state index contributed by atoms with van der Waals surface area (Å²) in [5, 5.41) is 15.4. The maximum atomic E-state index is 12.6. The van der Waals surface area contributed by atoms with Crippen molar-refractivity contribution in [2.24, 2.45) is 33.7 Å². The van der Waals surface area contributed by atoms with Crippen molar-refractivity contribution in [3.8, 4) is 0 Å². The average Bonchev–Trinajstić information content (AvgIpc) is 3.41. The Morgan fingerprint density at radius 3 is 2.69 bits per heavy atom. The largest absolute Gasteiger partial charge is 0.467 e. The molecule has 0 bridgehead atoms. The van der Waals surface area contributed by atoms with Gasteiger partial charge in [0.15, 0.2) is 6.61 Å². The number of esters is 1. The third-order valence-corrected chi connectivity index (χ3v) is 10.5. The Hall–Kier alpha value is -2.15. The SMILES string of the molecule is COC(=O)C1CCCN1C(=O)CO/N=C1\C=C[C@@]2(C)C(=C1)CCC1C2CC[C@@]2(C)C1CC[C@]2(C)O. The van der Waals surface area contributed by atoms with E-state index in [1.54, 1.807) is 0 Å². The molecule has 4 aliphatic carbocycles. The molecule has 1 N–H and O–H groups in total. The Kier molecular flexibility index (Phi) is 6.14. The lowest BCUT2D eigenvalue weighted by Crippen LogP contribution is -2.53. The number of carbonyl (C=O) groups is 2. The molecule has 0 aromatic heterocycles. The summed E-state index contributed by atoms with van der Waals surface area (Å²) in [5.41, 5.74) is 1.62. The molecule has 0 radical (unpaired) electrons. The molecule has 5 rings (SSSR count). The van der Waals surface area contributed by atoms with Gasteiger partial charge in [-0.2, -0.15) is 0 Å². The molecular formula is C28H40N2O5. The van der Waals surface area contributed by atoms with Gasteiger partial charge in [-0.05, 0) is 93.6 Å². The fraction of sp³-hybridized carbons (Fsp3) is 0.750. The lowest BCUT2D eigenvalue weighted by molar-refractivity contribution is -0.152. The molecule has 1 heterocycles. The number of ether oxygens (including phenoxy) is 1. The van der Waals surface area contributed by atoms with Gasteiger partial charge >= 0.3 is 5.97 Å². The summed E-state index contributed by atoms with van der Waals surface area (Å²) in [4.78, 5) is 31.5. The number of likely N-dealkylation sites (tertiary alicyclic amines) is 1. The fourth-order valence-corrected chi connectivity index (χ4v) is 8.20. The van der Waals surface area contributed by atoms with E-state index in [4.69, 9.17) is 9.57 Å². The third-order valence-electron chi connectivity index (χ3n) is 10.5. The molecule has 4 unspecified atom stereocenters. The van der Waals surface area contributed by atoms with E-state index in [-0.39, 0.29) is 29.3 Å². The van der Waals surface area contributed by atoms with E-state index in [2.05, 4.69) is 38.1 Å². The zero-order chi connectivity index (χ0) is 25.0. The minimum Gasteiger partial charge on any atom is -0.467 e. The molecule has 5 aliphatic rings. The van der Waals surface area contributed by atoms with Crippen LogP contribution in [0.4, 0.5) is 0 Å². The first-order valence-corrected chi connectivity index (χ1v) is 13.3. The lowest BCUT2D eigenvalue weighted by Gasteiger charge is -2.58. The molecule has 3 saturated carbocycles. The Morgan fingerprint density at radius 1 is 1.14 bits per heavy atom. The predicted octanol–water partition coefficient (Wildman–Crippen LogP) is 4.01. The molecule has 4 fully saturated rings. The number of oxime groups is 1. The van der Waals surface area contributed by atoms with Crippen LogP contribution in [0, 0.1) is 28.6 Å². The summed E-state index contributed by atoms with van der Waals surface area (Å²) in [5.74, 6) is 1.20. The highest BCUT2D eigenvalue weighted by Gasteiger charge is 2.62. The maximum absolute atomic E-state index is 12.6. The number of allylic oxidation sites excluding steroid dienone is 4. The molecule has 0 aromatic rings. The third kappa shape index (κ3) is 3.85. The van der Waals surface area contributed by atoms with E-state index in [0.29, 0.717) is 30.7 Å². The van der Waals surface area contributed by atoms with Crippen molar-refractivity contribution in [1.29, 1.82) is 0 Å². The second kappa shape index (κ2) is 8.75. The number of nitrogens with zero attached hydrogens (tertiary/aromatic N) is 2. The zero-order valence-corrected chi connectivity index (χ0v) is 21.6. The Balaban J connectivity index is 1.24. The summed E-state index contributed by atoms with van der Waals surface area (Å²) in [6.45, 7) is 7.10. The smallest absolute Gasteiger partial charge is 0.328 e. The number of rotatable bonds is 4. The maximum Gasteiger partial charge on any atom is 0.328 e. The minimum atomic E-state index is -0.553. The van der Waals surface area contributed by atoms with Gasteiger partial charge in [0, 0.05) is 12.0 Å². The average molecular weight is 485 g/mol. The van der Waals surface area contributed by atoms with Crippen LogP contribution >= 0.6 is 0 Å². The van der Waals surface area contributed by atoms with Crippen molar-refractivity contribution >= 4 is 17.6 Å². The van der Waals surface area contributed by atoms with Crippen molar-refractivity contribution in [3.05, 3.63) is 23.8 Å². The van der Waals surface area contributed by atoms with Crippen molar-refractivity contribution in [1.82, 2.24) is 4.90 Å². The van der Waals surface area contributed by atoms with Crippen molar-refractivity contribution in [2.45, 2.75) is 83.8 Å². The van der Waals surface area contributed by atoms with E-state index in [1.807, 2.05) is 6.08 Å². The fourth-order valence-electron chi connectivity index (χ4n) is 8.20. The van der Waals surface area contributed by atoms with Gasteiger partial charge in [-0.1, -0.05) is 30.7 Å². The quantitative estimate of drug-likeness (QED) is 0.481. The van der Waals surface area contributed by atoms with E-state index in [0.717, 1.165) is 50.7 Å². The first-order valence-electron chi connectivity index (χ1n) is 13.3. The molecule has 0 spiro atoms. The first-order chi connectivity index (χ1) is 16.6. The molecule has 7 heteroatoms. The number of aliphatic hydroxyl groups is 1. The standard InChI is InChI=1S/C28H40N2O5/c1-26-12-9-19(29-35-17-24(31)30-15-5-6-23(30)25(32)34-4)16-18(26)7-8-20-21(26)10-13-27(2)22(20)11-14-28(27,3)33/h9,12,16,20-23,33H,5-8,10-11,13-15,17H2,1-4H3/b29-19+/t20?,21?,22?,23?,26-,27-,28-/m0/s1. The van der Waals surface area contributed by atoms with Crippen molar-refractivity contribution in [3.63, 3.8) is 0 Å². The van der Waals surface area contributed by atoms with Crippen LogP contribution < -0.4 is 0 Å². The van der Waals surface area contributed by atoms with Gasteiger partial charge < -0.3 is 19.6 Å². The minimum absolute atomic E-state index is 0.0107. The number of methoxy groups -OCH3 is 1. The number of amides is 1. The predicted molar refractivity (Wildman–Crippen MR) is 132 cm³/mol. The van der Waals surface area contributed by atoms with Crippen molar-refractivity contribution in [2.75, 3.05) is 20.3 Å². The second-order valence-electron chi connectivity index (χ2n) is 12.0. The lowest BCUT2D eigenvalue weighted by atomic mass is 9.47. The van der Waals surface area contributed by atoms with Crippen LogP contribution in [0.2, 0.25) is 0 Å². The van der Waals surface area contributed by atoms with E-state index < -0.39 is 11.6 Å². The first kappa shape index (κ1) is 24.5. The molecular weight excluding hydrogens is 444 g/mol. The van der Waals surface area contributed by atoms with Crippen LogP contribution in [-0.2, 0) is 19.2 Å². The molecule has 1 amide bonds. The van der Waals surface area contributed by atoms with Gasteiger partial charge in [0.25, 0.3) is 5.91 Å². The summed E-state index contributed by atoms with van der Waals surface area (Å²) >= 11 is 0. The Labute approximate surface area is 208 Å².